The zero-order valence-corrected chi connectivity index (χ0v) is 30.2. The molecule has 0 aromatic heterocycles. The van der Waals surface area contributed by atoms with Crippen molar-refractivity contribution in [2.75, 3.05) is 13.6 Å². The van der Waals surface area contributed by atoms with Crippen LogP contribution in [-0.2, 0) is 54.6 Å². The molecule has 0 radical (unpaired) electrons. The number of likely N-dealkylation sites (N-methyl/N-ethyl adjacent to an activating group) is 1. The second-order valence-corrected chi connectivity index (χ2v) is 16.2. The van der Waals surface area contributed by atoms with Crippen LogP contribution in [0, 0.1) is 0 Å². The van der Waals surface area contributed by atoms with E-state index in [4.69, 9.17) is 37.9 Å². The normalized spacial score (nSPS) is 31.4. The van der Waals surface area contributed by atoms with Crippen molar-refractivity contribution >= 4 is 24.1 Å². The maximum atomic E-state index is 13.5. The van der Waals surface area contributed by atoms with Crippen LogP contribution in [0.2, 0.25) is 0 Å². The molecule has 7 atom stereocenters. The van der Waals surface area contributed by atoms with Gasteiger partial charge in [-0.05, 0) is 106 Å². The molecule has 1 aromatic rings. The summed E-state index contributed by atoms with van der Waals surface area (Å²) in [5.74, 6) is -3.51. The Morgan fingerprint density at radius 2 is 1.60 bits per heavy atom. The fraction of sp³-hybridized carbons (Fsp3) is 0.667. The molecular weight excluding hydrogens is 654 g/mol. The summed E-state index contributed by atoms with van der Waals surface area (Å²) in [6.45, 7) is 15.2. The van der Waals surface area contributed by atoms with Gasteiger partial charge in [0.05, 0.1) is 11.0 Å². The number of likely N-dealkylation sites (tertiary alicyclic amines) is 1. The number of esters is 3. The number of piperidine rings is 1. The number of aliphatic hydroxyl groups is 1. The number of rotatable bonds is 6. The Labute approximate surface area is 291 Å². The standard InChI is InChI=1S/C36H47NO13/c1-18(43-29(39)25-26(48-34(8,9)47-25)30(40)49-32(2,3)4)28(38)44-21-13-14-36(42)22-17-19-11-12-20(45-31(41)50-33(5,6)7)24-23(19)35(36,27(21)46-24)15-16-37(22)10/h11-13,18,22,25-27,42H,14-17H2,1-10H3/t18-,22-,25+,26+,27-,35-,36+/m0/s1. The largest absolute Gasteiger partial charge is 0.514 e. The average Bonchev–Trinajstić information content (AvgIpc) is 3.50. The van der Waals surface area contributed by atoms with Crippen molar-refractivity contribution in [3.05, 3.63) is 35.1 Å². The van der Waals surface area contributed by atoms with Crippen LogP contribution in [-0.4, -0.2) is 101 Å². The van der Waals surface area contributed by atoms with Gasteiger partial charge in [-0.15, -0.1) is 0 Å². The van der Waals surface area contributed by atoms with Gasteiger partial charge in [0.1, 0.15) is 17.0 Å². The number of hydrogen-bond donors (Lipinski definition) is 1. The lowest BCUT2D eigenvalue weighted by Gasteiger charge is -2.61. The van der Waals surface area contributed by atoms with Crippen molar-refractivity contribution in [2.24, 2.45) is 0 Å². The molecule has 1 spiro atoms. The molecule has 2 aliphatic carbocycles. The van der Waals surface area contributed by atoms with Crippen molar-refractivity contribution in [3.63, 3.8) is 0 Å². The van der Waals surface area contributed by atoms with E-state index in [2.05, 4.69) is 4.90 Å². The quantitative estimate of drug-likeness (QED) is 0.260. The minimum Gasteiger partial charge on any atom is -0.477 e. The lowest BCUT2D eigenvalue weighted by molar-refractivity contribution is -0.183. The van der Waals surface area contributed by atoms with Gasteiger partial charge in [-0.25, -0.2) is 19.2 Å². The minimum absolute atomic E-state index is 0.121. The minimum atomic E-state index is -1.49. The molecule has 1 aromatic carbocycles. The molecule has 2 fully saturated rings. The maximum absolute atomic E-state index is 13.5. The predicted octanol–water partition coefficient (Wildman–Crippen LogP) is 3.61. The molecular formula is C36H47NO13. The highest BCUT2D eigenvalue weighted by Gasteiger charge is 2.72. The summed E-state index contributed by atoms with van der Waals surface area (Å²) in [6.07, 6.45) is -3.47. The Balaban J connectivity index is 1.24. The first-order chi connectivity index (χ1) is 23.0. The predicted molar refractivity (Wildman–Crippen MR) is 173 cm³/mol. The Morgan fingerprint density at radius 1 is 0.960 bits per heavy atom. The van der Waals surface area contributed by atoms with Crippen molar-refractivity contribution in [1.29, 1.82) is 0 Å². The van der Waals surface area contributed by atoms with Crippen LogP contribution < -0.4 is 9.47 Å². The van der Waals surface area contributed by atoms with Gasteiger partial charge in [-0.1, -0.05) is 6.07 Å². The summed E-state index contributed by atoms with van der Waals surface area (Å²) >= 11 is 0. The van der Waals surface area contributed by atoms with Gasteiger partial charge in [-0.2, -0.15) is 0 Å². The Kier molecular flexibility index (Phi) is 8.61. The topological polar surface area (TPSA) is 166 Å². The number of benzene rings is 1. The van der Waals surface area contributed by atoms with E-state index in [1.807, 2.05) is 13.1 Å². The average molecular weight is 702 g/mol. The molecule has 0 saturated carbocycles. The molecule has 14 heteroatoms. The SMILES string of the molecule is C[C@H](OC(=O)[C@@H]1OC(C)(C)O[C@H]1C(=O)OC(C)(C)C)C(=O)OC1=CC[C@@]2(O)[C@@H]3Cc4ccc(OC(=O)OC(C)(C)C)c5c4[C@@]2(CCN3C)[C@H]1O5. The lowest BCUT2D eigenvalue weighted by Crippen LogP contribution is -2.74. The lowest BCUT2D eigenvalue weighted by atomic mass is 9.50. The van der Waals surface area contributed by atoms with E-state index in [1.165, 1.54) is 6.92 Å². The number of carbonyl (C=O) groups is 4. The third-order valence-electron chi connectivity index (χ3n) is 9.73. The van der Waals surface area contributed by atoms with Crippen molar-refractivity contribution < 1.29 is 62.2 Å². The summed E-state index contributed by atoms with van der Waals surface area (Å²) in [7, 11) is 1.97. The van der Waals surface area contributed by atoms with Gasteiger partial charge in [0.25, 0.3) is 0 Å². The molecule has 50 heavy (non-hydrogen) atoms. The van der Waals surface area contributed by atoms with Gasteiger partial charge in [0, 0.05) is 18.0 Å². The van der Waals surface area contributed by atoms with Crippen LogP contribution in [0.4, 0.5) is 4.79 Å². The molecule has 2 saturated heterocycles. The van der Waals surface area contributed by atoms with Crippen LogP contribution in [0.25, 0.3) is 0 Å². The fourth-order valence-electron chi connectivity index (χ4n) is 7.82. The van der Waals surface area contributed by atoms with E-state index in [9.17, 15) is 24.3 Å². The summed E-state index contributed by atoms with van der Waals surface area (Å²) < 4.78 is 45.7. The Hall–Kier alpha value is -3.72. The van der Waals surface area contributed by atoms with Gasteiger partial charge in [0.15, 0.2) is 41.7 Å². The molecule has 5 aliphatic rings. The monoisotopic (exact) mass is 701 g/mol. The highest BCUT2D eigenvalue weighted by molar-refractivity contribution is 5.88. The van der Waals surface area contributed by atoms with E-state index >= 15 is 0 Å². The molecule has 1 N–H and O–H groups in total. The van der Waals surface area contributed by atoms with Crippen molar-refractivity contribution in [3.8, 4) is 11.5 Å². The van der Waals surface area contributed by atoms with Gasteiger partial charge < -0.3 is 47.9 Å². The number of hydrogen-bond acceptors (Lipinski definition) is 14. The first-order valence-corrected chi connectivity index (χ1v) is 16.9. The zero-order chi connectivity index (χ0) is 36.8. The van der Waals surface area contributed by atoms with E-state index in [-0.39, 0.29) is 29.7 Å². The highest BCUT2D eigenvalue weighted by Crippen LogP contribution is 2.65. The molecule has 3 heterocycles. The number of carbonyl (C=O) groups excluding carboxylic acids is 4. The van der Waals surface area contributed by atoms with E-state index < -0.39 is 76.5 Å². The van der Waals surface area contributed by atoms with Gasteiger partial charge in [-0.3, -0.25) is 0 Å². The van der Waals surface area contributed by atoms with Crippen LogP contribution in [0.15, 0.2) is 24.0 Å². The molecule has 0 unspecified atom stereocenters. The van der Waals surface area contributed by atoms with Gasteiger partial charge >= 0.3 is 24.1 Å². The smallest absolute Gasteiger partial charge is 0.477 e. The van der Waals surface area contributed by atoms with E-state index in [0.717, 1.165) is 5.56 Å². The van der Waals surface area contributed by atoms with Crippen LogP contribution in [0.1, 0.15) is 86.3 Å². The number of nitrogens with zero attached hydrogens (tertiary/aromatic N) is 1. The molecule has 2 bridgehead atoms. The summed E-state index contributed by atoms with van der Waals surface area (Å²) in [5, 5.41) is 12.5. The maximum Gasteiger partial charge on any atom is 0.514 e. The van der Waals surface area contributed by atoms with Crippen LogP contribution in [0.3, 0.4) is 0 Å². The zero-order valence-electron chi connectivity index (χ0n) is 30.2. The Morgan fingerprint density at radius 3 is 2.24 bits per heavy atom. The third-order valence-corrected chi connectivity index (χ3v) is 9.73. The first-order valence-electron chi connectivity index (χ1n) is 16.9. The van der Waals surface area contributed by atoms with E-state index in [0.29, 0.717) is 24.9 Å². The second kappa shape index (κ2) is 11.9. The molecule has 3 aliphatic heterocycles. The first kappa shape index (κ1) is 36.1. The molecule has 0 amide bonds. The van der Waals surface area contributed by atoms with Crippen LogP contribution in [0.5, 0.6) is 11.5 Å². The highest BCUT2D eigenvalue weighted by atomic mass is 16.8. The van der Waals surface area contributed by atoms with E-state index in [1.54, 1.807) is 67.5 Å². The molecule has 274 valence electrons. The summed E-state index contributed by atoms with van der Waals surface area (Å²) in [6, 6.07) is 3.25. The Bertz CT molecular complexity index is 1640. The van der Waals surface area contributed by atoms with Crippen LogP contribution >= 0.6 is 0 Å². The second-order valence-electron chi connectivity index (χ2n) is 16.2. The van der Waals surface area contributed by atoms with Crippen molar-refractivity contribution in [1.82, 2.24) is 4.90 Å². The van der Waals surface area contributed by atoms with Gasteiger partial charge in [0.2, 0.25) is 0 Å². The molecule has 6 rings (SSSR count). The number of ether oxygens (including phenoxy) is 8. The third kappa shape index (κ3) is 6.13. The summed E-state index contributed by atoms with van der Waals surface area (Å²) in [4.78, 5) is 54.6. The molecule has 14 nitrogen and oxygen atoms in total. The summed E-state index contributed by atoms with van der Waals surface area (Å²) in [5.41, 5.74) is -2.34. The fourth-order valence-corrected chi connectivity index (χ4v) is 7.82. The van der Waals surface area contributed by atoms with Crippen molar-refractivity contribution in [2.45, 2.75) is 140 Å².